The highest BCUT2D eigenvalue weighted by Crippen LogP contribution is 2.40. The van der Waals surface area contributed by atoms with E-state index in [9.17, 15) is 13.2 Å². The molecule has 0 unspecified atom stereocenters. The molecule has 0 spiro atoms. The van der Waals surface area contributed by atoms with Gasteiger partial charge in [-0.05, 0) is 31.4 Å². The van der Waals surface area contributed by atoms with Crippen molar-refractivity contribution in [3.05, 3.63) is 41.6 Å². The van der Waals surface area contributed by atoms with Crippen molar-refractivity contribution in [3.63, 3.8) is 0 Å². The number of aromatic nitrogens is 1. The zero-order chi connectivity index (χ0) is 17.4. The van der Waals surface area contributed by atoms with Gasteiger partial charge in [0.05, 0.1) is 16.8 Å². The third-order valence-electron chi connectivity index (χ3n) is 4.83. The standard InChI is InChI=1S/C18H21N3O3S/c22-18(19-8-10-21-9-3-11-25(21,23)24)15-12-17(13-6-7-13)20-16-5-2-1-4-14(15)16/h1-2,4-5,12-13H,3,6-11H2,(H,19,22). The molecule has 0 bridgehead atoms. The summed E-state index contributed by atoms with van der Waals surface area (Å²) < 4.78 is 25.1. The number of carbonyl (C=O) groups excluding carboxylic acids is 1. The van der Waals surface area contributed by atoms with Gasteiger partial charge >= 0.3 is 0 Å². The van der Waals surface area contributed by atoms with Crippen LogP contribution in [0.1, 0.15) is 41.2 Å². The number of fused-ring (bicyclic) bond motifs is 1. The van der Waals surface area contributed by atoms with E-state index in [1.54, 1.807) is 0 Å². The molecule has 1 aromatic carbocycles. The molecular formula is C18H21N3O3S. The molecule has 6 nitrogen and oxygen atoms in total. The summed E-state index contributed by atoms with van der Waals surface area (Å²) in [7, 11) is -3.12. The molecule has 1 aliphatic carbocycles. The highest BCUT2D eigenvalue weighted by Gasteiger charge is 2.28. The minimum atomic E-state index is -3.12. The largest absolute Gasteiger partial charge is 0.351 e. The van der Waals surface area contributed by atoms with Gasteiger partial charge in [-0.25, -0.2) is 12.7 Å². The van der Waals surface area contributed by atoms with E-state index in [-0.39, 0.29) is 11.7 Å². The summed E-state index contributed by atoms with van der Waals surface area (Å²) in [6.07, 6.45) is 2.91. The molecule has 0 radical (unpaired) electrons. The first-order valence-electron chi connectivity index (χ1n) is 8.70. The molecule has 0 atom stereocenters. The Kier molecular flexibility index (Phi) is 4.21. The number of carbonyl (C=O) groups is 1. The van der Waals surface area contributed by atoms with E-state index in [2.05, 4.69) is 10.3 Å². The smallest absolute Gasteiger partial charge is 0.252 e. The van der Waals surface area contributed by atoms with Crippen LogP contribution in [0.5, 0.6) is 0 Å². The lowest BCUT2D eigenvalue weighted by Gasteiger charge is -2.15. The van der Waals surface area contributed by atoms with Crippen LogP contribution in [0.2, 0.25) is 0 Å². The molecule has 1 saturated heterocycles. The topological polar surface area (TPSA) is 79.4 Å². The molecule has 2 aliphatic rings. The molecule has 132 valence electrons. The number of rotatable bonds is 5. The van der Waals surface area contributed by atoms with Crippen molar-refractivity contribution in [1.29, 1.82) is 0 Å². The van der Waals surface area contributed by atoms with Gasteiger partial charge in [0, 0.05) is 36.6 Å². The van der Waals surface area contributed by atoms with Gasteiger partial charge < -0.3 is 5.32 Å². The van der Waals surface area contributed by atoms with Crippen molar-refractivity contribution >= 4 is 26.8 Å². The first-order valence-corrected chi connectivity index (χ1v) is 10.3. The fourth-order valence-corrected chi connectivity index (χ4v) is 4.83. The molecule has 1 amide bonds. The number of para-hydroxylation sites is 1. The van der Waals surface area contributed by atoms with Gasteiger partial charge in [-0.1, -0.05) is 18.2 Å². The molecular weight excluding hydrogens is 338 g/mol. The lowest BCUT2D eigenvalue weighted by atomic mass is 10.1. The molecule has 2 heterocycles. The van der Waals surface area contributed by atoms with E-state index in [0.29, 0.717) is 37.5 Å². The van der Waals surface area contributed by atoms with Gasteiger partial charge in [0.25, 0.3) is 5.91 Å². The van der Waals surface area contributed by atoms with E-state index in [4.69, 9.17) is 0 Å². The monoisotopic (exact) mass is 359 g/mol. The van der Waals surface area contributed by atoms with Crippen molar-refractivity contribution in [2.75, 3.05) is 25.4 Å². The summed E-state index contributed by atoms with van der Waals surface area (Å²) in [4.78, 5) is 17.4. The third-order valence-corrected chi connectivity index (χ3v) is 6.78. The summed E-state index contributed by atoms with van der Waals surface area (Å²) in [6, 6.07) is 9.54. The van der Waals surface area contributed by atoms with Gasteiger partial charge in [0.1, 0.15) is 0 Å². The number of pyridine rings is 1. The second-order valence-electron chi connectivity index (χ2n) is 6.71. The minimum absolute atomic E-state index is 0.169. The summed E-state index contributed by atoms with van der Waals surface area (Å²) in [5.41, 5.74) is 2.43. The summed E-state index contributed by atoms with van der Waals surface area (Å²) in [6.45, 7) is 1.18. The maximum atomic E-state index is 12.7. The number of hydrogen-bond donors (Lipinski definition) is 1. The Labute approximate surface area is 147 Å². The van der Waals surface area contributed by atoms with Crippen LogP contribution in [-0.4, -0.2) is 49.0 Å². The highest BCUT2D eigenvalue weighted by atomic mass is 32.2. The van der Waals surface area contributed by atoms with Crippen LogP contribution in [0.3, 0.4) is 0 Å². The van der Waals surface area contributed by atoms with E-state index in [0.717, 1.165) is 29.4 Å². The van der Waals surface area contributed by atoms with Gasteiger partial charge in [-0.15, -0.1) is 0 Å². The molecule has 25 heavy (non-hydrogen) atoms. The Bertz CT molecular complexity index is 922. The van der Waals surface area contributed by atoms with Crippen molar-refractivity contribution < 1.29 is 13.2 Å². The Hall–Kier alpha value is -1.99. The predicted octanol–water partition coefficient (Wildman–Crippen LogP) is 1.88. The highest BCUT2D eigenvalue weighted by molar-refractivity contribution is 7.89. The van der Waals surface area contributed by atoms with Crippen LogP contribution in [0.4, 0.5) is 0 Å². The van der Waals surface area contributed by atoms with Crippen LogP contribution in [-0.2, 0) is 10.0 Å². The van der Waals surface area contributed by atoms with Crippen LogP contribution in [0, 0.1) is 0 Å². The summed E-state index contributed by atoms with van der Waals surface area (Å²) in [5.74, 6) is 0.503. The van der Waals surface area contributed by atoms with E-state index in [1.807, 2.05) is 30.3 Å². The fraction of sp³-hybridized carbons (Fsp3) is 0.444. The molecule has 1 aromatic heterocycles. The number of hydrogen-bond acceptors (Lipinski definition) is 4. The van der Waals surface area contributed by atoms with Crippen molar-refractivity contribution in [1.82, 2.24) is 14.6 Å². The predicted molar refractivity (Wildman–Crippen MR) is 96.0 cm³/mol. The van der Waals surface area contributed by atoms with E-state index >= 15 is 0 Å². The van der Waals surface area contributed by atoms with E-state index in [1.165, 1.54) is 4.31 Å². The average molecular weight is 359 g/mol. The zero-order valence-electron chi connectivity index (χ0n) is 13.9. The number of amides is 1. The average Bonchev–Trinajstić information content (AvgIpc) is 3.39. The van der Waals surface area contributed by atoms with E-state index < -0.39 is 10.0 Å². The SMILES string of the molecule is O=C(NCCN1CCCS1(=O)=O)c1cc(C2CC2)nc2ccccc12. The molecule has 2 fully saturated rings. The van der Waals surface area contributed by atoms with Crippen LogP contribution < -0.4 is 5.32 Å². The lowest BCUT2D eigenvalue weighted by Crippen LogP contribution is -2.36. The summed E-state index contributed by atoms with van der Waals surface area (Å²) in [5, 5.41) is 3.70. The van der Waals surface area contributed by atoms with Gasteiger partial charge in [-0.2, -0.15) is 0 Å². The normalized spacial score (nSPS) is 20.0. The van der Waals surface area contributed by atoms with Gasteiger partial charge in [0.2, 0.25) is 10.0 Å². The van der Waals surface area contributed by atoms with Gasteiger partial charge in [-0.3, -0.25) is 9.78 Å². The molecule has 4 rings (SSSR count). The third kappa shape index (κ3) is 3.39. The van der Waals surface area contributed by atoms with Crippen molar-refractivity contribution in [2.24, 2.45) is 0 Å². The van der Waals surface area contributed by atoms with Gasteiger partial charge in [0.15, 0.2) is 0 Å². The molecule has 1 saturated carbocycles. The minimum Gasteiger partial charge on any atom is -0.351 e. The summed E-state index contributed by atoms with van der Waals surface area (Å²) >= 11 is 0. The number of benzene rings is 1. The number of nitrogens with one attached hydrogen (secondary N) is 1. The van der Waals surface area contributed by atoms with Crippen molar-refractivity contribution in [2.45, 2.75) is 25.2 Å². The number of nitrogens with zero attached hydrogens (tertiary/aromatic N) is 2. The quantitative estimate of drug-likeness (QED) is 0.884. The second-order valence-corrected chi connectivity index (χ2v) is 8.80. The Morgan fingerprint density at radius 3 is 2.80 bits per heavy atom. The van der Waals surface area contributed by atoms with Crippen LogP contribution in [0.15, 0.2) is 30.3 Å². The fourth-order valence-electron chi connectivity index (χ4n) is 3.30. The Morgan fingerprint density at radius 2 is 2.08 bits per heavy atom. The Morgan fingerprint density at radius 1 is 1.28 bits per heavy atom. The maximum Gasteiger partial charge on any atom is 0.252 e. The molecule has 2 aromatic rings. The molecule has 7 heteroatoms. The maximum absolute atomic E-state index is 12.7. The molecule has 1 aliphatic heterocycles. The number of sulfonamides is 1. The van der Waals surface area contributed by atoms with Crippen molar-refractivity contribution in [3.8, 4) is 0 Å². The first-order chi connectivity index (χ1) is 12.0. The van der Waals surface area contributed by atoms with Crippen LogP contribution >= 0.6 is 0 Å². The molecule has 1 N–H and O–H groups in total. The Balaban J connectivity index is 1.51. The van der Waals surface area contributed by atoms with Crippen LogP contribution in [0.25, 0.3) is 10.9 Å². The lowest BCUT2D eigenvalue weighted by molar-refractivity contribution is 0.0953. The first kappa shape index (κ1) is 16.5. The zero-order valence-corrected chi connectivity index (χ0v) is 14.8. The second kappa shape index (κ2) is 6.38.